The SMILES string of the molecule is CN1C(=O)[C@](F)([C@H](NS(=O)C(C)(C)C)c2ccccc2)c2ccccc21. The van der Waals surface area contributed by atoms with Gasteiger partial charge < -0.3 is 4.90 Å². The van der Waals surface area contributed by atoms with Gasteiger partial charge in [-0.05, 0) is 32.4 Å². The van der Waals surface area contributed by atoms with Gasteiger partial charge in [0.25, 0.3) is 5.91 Å². The molecule has 0 saturated carbocycles. The number of fused-ring (bicyclic) bond motifs is 1. The predicted molar refractivity (Wildman–Crippen MR) is 103 cm³/mol. The standard InChI is InChI=1S/C20H23FN2O2S/c1-19(2,3)26(25)22-17(14-10-6-5-7-11-14)20(21)15-12-8-9-13-16(15)23(4)18(20)24/h5-13,17,22H,1-4H3/t17-,20-,26?/m1/s1. The van der Waals surface area contributed by atoms with Gasteiger partial charge in [0, 0.05) is 12.6 Å². The topological polar surface area (TPSA) is 49.4 Å². The van der Waals surface area contributed by atoms with Gasteiger partial charge in [0.15, 0.2) is 0 Å². The molecular formula is C20H23FN2O2S. The van der Waals surface area contributed by atoms with Crippen LogP contribution >= 0.6 is 0 Å². The Bertz CT molecular complexity index is 850. The summed E-state index contributed by atoms with van der Waals surface area (Å²) >= 11 is 0. The smallest absolute Gasteiger partial charge is 0.271 e. The molecule has 3 atom stereocenters. The maximum Gasteiger partial charge on any atom is 0.271 e. The van der Waals surface area contributed by atoms with E-state index in [1.165, 1.54) is 4.90 Å². The second kappa shape index (κ2) is 6.59. The number of halogens is 1. The van der Waals surface area contributed by atoms with Crippen molar-refractivity contribution in [2.24, 2.45) is 0 Å². The third-order valence-corrected chi connectivity index (χ3v) is 6.15. The van der Waals surface area contributed by atoms with Gasteiger partial charge in [-0.3, -0.25) is 4.79 Å². The molecule has 3 rings (SSSR count). The summed E-state index contributed by atoms with van der Waals surface area (Å²) in [6, 6.07) is 14.6. The first-order valence-electron chi connectivity index (χ1n) is 8.47. The van der Waals surface area contributed by atoms with Crippen LogP contribution in [0.5, 0.6) is 0 Å². The highest BCUT2D eigenvalue weighted by Crippen LogP contribution is 2.49. The molecule has 0 spiro atoms. The van der Waals surface area contributed by atoms with Crippen LogP contribution in [0.4, 0.5) is 10.1 Å². The highest BCUT2D eigenvalue weighted by molar-refractivity contribution is 7.84. The molecule has 1 aliphatic heterocycles. The molecule has 0 saturated heterocycles. The van der Waals surface area contributed by atoms with Crippen molar-refractivity contribution in [3.05, 3.63) is 65.7 Å². The molecule has 1 amide bonds. The van der Waals surface area contributed by atoms with E-state index >= 15 is 4.39 Å². The maximum absolute atomic E-state index is 16.5. The maximum atomic E-state index is 16.5. The van der Waals surface area contributed by atoms with Gasteiger partial charge in [0.2, 0.25) is 5.67 Å². The molecule has 1 unspecified atom stereocenters. The molecular weight excluding hydrogens is 351 g/mol. The summed E-state index contributed by atoms with van der Waals surface area (Å²) in [7, 11) is 0.00726. The Hall–Kier alpha value is -2.05. The second-order valence-corrected chi connectivity index (χ2v) is 9.43. The average molecular weight is 374 g/mol. The Kier molecular flexibility index (Phi) is 4.75. The van der Waals surface area contributed by atoms with Crippen LogP contribution in [0.2, 0.25) is 0 Å². The Labute approximate surface area is 156 Å². The second-order valence-electron chi connectivity index (χ2n) is 7.44. The summed E-state index contributed by atoms with van der Waals surface area (Å²) in [6.07, 6.45) is 0. The van der Waals surface area contributed by atoms with Crippen molar-refractivity contribution in [1.82, 2.24) is 4.72 Å². The molecule has 1 heterocycles. The van der Waals surface area contributed by atoms with E-state index in [1.54, 1.807) is 76.3 Å². The van der Waals surface area contributed by atoms with Gasteiger partial charge in [0.1, 0.15) is 0 Å². The first kappa shape index (κ1) is 18.7. The molecule has 26 heavy (non-hydrogen) atoms. The number of hydrogen-bond acceptors (Lipinski definition) is 2. The monoisotopic (exact) mass is 374 g/mol. The lowest BCUT2D eigenvalue weighted by atomic mass is 9.85. The Morgan fingerprint density at radius 1 is 1.08 bits per heavy atom. The zero-order valence-electron chi connectivity index (χ0n) is 15.3. The van der Waals surface area contributed by atoms with E-state index in [4.69, 9.17) is 0 Å². The van der Waals surface area contributed by atoms with Crippen LogP contribution in [-0.4, -0.2) is 21.9 Å². The van der Waals surface area contributed by atoms with Crippen LogP contribution in [0.3, 0.4) is 0 Å². The molecule has 0 aromatic heterocycles. The quantitative estimate of drug-likeness (QED) is 0.889. The summed E-state index contributed by atoms with van der Waals surface area (Å²) in [5.41, 5.74) is -0.941. The van der Waals surface area contributed by atoms with Gasteiger partial charge in [-0.15, -0.1) is 0 Å². The minimum Gasteiger partial charge on any atom is -0.312 e. The van der Waals surface area contributed by atoms with Crippen LogP contribution in [0.15, 0.2) is 54.6 Å². The fourth-order valence-corrected chi connectivity index (χ4v) is 4.00. The molecule has 2 aromatic rings. The van der Waals surface area contributed by atoms with Crippen molar-refractivity contribution in [3.8, 4) is 0 Å². The minimum atomic E-state index is -2.34. The van der Waals surface area contributed by atoms with E-state index < -0.39 is 33.4 Å². The summed E-state index contributed by atoms with van der Waals surface area (Å²) < 4.78 is 31.5. The number of rotatable bonds is 4. The fourth-order valence-electron chi connectivity index (χ4n) is 3.13. The molecule has 2 aromatic carbocycles. The predicted octanol–water partition coefficient (Wildman–Crippen LogP) is 3.62. The van der Waals surface area contributed by atoms with Gasteiger partial charge in [-0.1, -0.05) is 48.5 Å². The van der Waals surface area contributed by atoms with E-state index in [0.29, 0.717) is 16.8 Å². The third kappa shape index (κ3) is 2.97. The molecule has 0 fully saturated rings. The van der Waals surface area contributed by atoms with Crippen molar-refractivity contribution in [1.29, 1.82) is 0 Å². The van der Waals surface area contributed by atoms with E-state index in [1.807, 2.05) is 6.07 Å². The number of nitrogens with zero attached hydrogens (tertiary/aromatic N) is 1. The highest BCUT2D eigenvalue weighted by Gasteiger charge is 2.57. The van der Waals surface area contributed by atoms with E-state index in [2.05, 4.69) is 4.72 Å². The average Bonchev–Trinajstić information content (AvgIpc) is 2.82. The highest BCUT2D eigenvalue weighted by atomic mass is 32.2. The minimum absolute atomic E-state index is 0.291. The first-order chi connectivity index (χ1) is 12.2. The van der Waals surface area contributed by atoms with Crippen LogP contribution < -0.4 is 9.62 Å². The van der Waals surface area contributed by atoms with Crippen LogP contribution in [-0.2, 0) is 21.4 Å². The lowest BCUT2D eigenvalue weighted by molar-refractivity contribution is -0.130. The normalized spacial score (nSPS) is 22.2. The van der Waals surface area contributed by atoms with Crippen molar-refractivity contribution in [2.75, 3.05) is 11.9 Å². The third-order valence-electron chi connectivity index (χ3n) is 4.59. The van der Waals surface area contributed by atoms with E-state index in [-0.39, 0.29) is 0 Å². The Morgan fingerprint density at radius 3 is 2.27 bits per heavy atom. The van der Waals surface area contributed by atoms with Crippen molar-refractivity contribution < 1.29 is 13.4 Å². The Morgan fingerprint density at radius 2 is 1.65 bits per heavy atom. The lowest BCUT2D eigenvalue weighted by Gasteiger charge is -2.32. The van der Waals surface area contributed by atoms with Crippen molar-refractivity contribution in [3.63, 3.8) is 0 Å². The Balaban J connectivity index is 2.16. The number of para-hydroxylation sites is 1. The first-order valence-corrected chi connectivity index (χ1v) is 9.62. The number of anilines is 1. The van der Waals surface area contributed by atoms with Gasteiger partial charge in [0.05, 0.1) is 27.5 Å². The molecule has 1 aliphatic rings. The number of benzene rings is 2. The molecule has 0 radical (unpaired) electrons. The molecule has 6 heteroatoms. The molecule has 0 bridgehead atoms. The van der Waals surface area contributed by atoms with Gasteiger partial charge >= 0.3 is 0 Å². The summed E-state index contributed by atoms with van der Waals surface area (Å²) in [5.74, 6) is -0.661. The zero-order chi connectivity index (χ0) is 19.1. The summed E-state index contributed by atoms with van der Waals surface area (Å²) in [6.45, 7) is 5.42. The van der Waals surface area contributed by atoms with Crippen LogP contribution in [0.1, 0.15) is 37.9 Å². The van der Waals surface area contributed by atoms with Crippen LogP contribution in [0, 0.1) is 0 Å². The number of nitrogens with one attached hydrogen (secondary N) is 1. The number of carbonyl (C=O) groups excluding carboxylic acids is 1. The summed E-state index contributed by atoms with van der Waals surface area (Å²) in [4.78, 5) is 14.3. The largest absolute Gasteiger partial charge is 0.312 e. The summed E-state index contributed by atoms with van der Waals surface area (Å²) in [5, 5.41) is 0. The number of hydrogen-bond donors (Lipinski definition) is 1. The molecule has 4 nitrogen and oxygen atoms in total. The number of alkyl halides is 1. The van der Waals surface area contributed by atoms with E-state index in [9.17, 15) is 9.00 Å². The van der Waals surface area contributed by atoms with Crippen molar-refractivity contribution in [2.45, 2.75) is 37.2 Å². The zero-order valence-corrected chi connectivity index (χ0v) is 16.1. The van der Waals surface area contributed by atoms with Gasteiger partial charge in [-0.2, -0.15) is 0 Å². The van der Waals surface area contributed by atoms with Crippen molar-refractivity contribution >= 4 is 22.6 Å². The molecule has 138 valence electrons. The molecule has 1 N–H and O–H groups in total. The number of likely N-dealkylation sites (N-methyl/N-ethyl adjacent to an activating group) is 1. The molecule has 0 aliphatic carbocycles. The van der Waals surface area contributed by atoms with Crippen LogP contribution in [0.25, 0.3) is 0 Å². The number of carbonyl (C=O) groups is 1. The number of amides is 1. The van der Waals surface area contributed by atoms with E-state index in [0.717, 1.165) is 0 Å². The van der Waals surface area contributed by atoms with Gasteiger partial charge in [-0.25, -0.2) is 13.3 Å². The lowest BCUT2D eigenvalue weighted by Crippen LogP contribution is -2.48. The fraction of sp³-hybridized carbons (Fsp3) is 0.350.